The lowest BCUT2D eigenvalue weighted by atomic mass is 10.0. The maximum absolute atomic E-state index is 10.3. The van der Waals surface area contributed by atoms with E-state index in [0.717, 1.165) is 17.8 Å². The van der Waals surface area contributed by atoms with Gasteiger partial charge in [0.05, 0.1) is 19.4 Å². The lowest BCUT2D eigenvalue weighted by Gasteiger charge is -2.12. The molecule has 0 radical (unpaired) electrons. The van der Waals surface area contributed by atoms with Crippen molar-refractivity contribution in [3.05, 3.63) is 59.7 Å². The highest BCUT2D eigenvalue weighted by atomic mass is 16.5. The standard InChI is InChI=1S/C18H22N2O2/c1-20(2)12-11-19-18(14-7-5-4-6-8-14)16-10-9-15(22-3)13-17(16)21/h4-10,13,21H,11-12H2,1-3H3. The number of aliphatic imine (C=N–C) groups is 1. The molecule has 0 saturated heterocycles. The molecule has 0 amide bonds. The van der Waals surface area contributed by atoms with Gasteiger partial charge in [0.15, 0.2) is 0 Å². The van der Waals surface area contributed by atoms with Crippen LogP contribution in [0.4, 0.5) is 0 Å². The van der Waals surface area contributed by atoms with Gasteiger partial charge in [-0.15, -0.1) is 0 Å². The van der Waals surface area contributed by atoms with Crippen LogP contribution in [0.25, 0.3) is 0 Å². The van der Waals surface area contributed by atoms with Gasteiger partial charge in [-0.3, -0.25) is 4.99 Å². The van der Waals surface area contributed by atoms with Crippen LogP contribution in [0, 0.1) is 0 Å². The van der Waals surface area contributed by atoms with Gasteiger partial charge in [0, 0.05) is 23.7 Å². The Morgan fingerprint density at radius 1 is 1.14 bits per heavy atom. The Labute approximate surface area is 131 Å². The molecule has 2 aromatic rings. The van der Waals surface area contributed by atoms with Crippen LogP contribution in [0.2, 0.25) is 0 Å². The molecule has 0 aromatic heterocycles. The summed E-state index contributed by atoms with van der Waals surface area (Å²) in [5.41, 5.74) is 2.50. The summed E-state index contributed by atoms with van der Waals surface area (Å²) < 4.78 is 5.14. The highest BCUT2D eigenvalue weighted by molar-refractivity contribution is 6.14. The Morgan fingerprint density at radius 3 is 2.45 bits per heavy atom. The first-order valence-corrected chi connectivity index (χ1v) is 7.24. The molecule has 0 heterocycles. The van der Waals surface area contributed by atoms with E-state index < -0.39 is 0 Å². The number of phenols is 1. The van der Waals surface area contributed by atoms with Crippen LogP contribution < -0.4 is 4.74 Å². The zero-order valence-electron chi connectivity index (χ0n) is 13.3. The molecule has 2 aromatic carbocycles. The number of likely N-dealkylation sites (N-methyl/N-ethyl adjacent to an activating group) is 1. The van der Waals surface area contributed by atoms with E-state index in [1.807, 2.05) is 56.6 Å². The van der Waals surface area contributed by atoms with Gasteiger partial charge in [0.2, 0.25) is 0 Å². The van der Waals surface area contributed by atoms with Crippen LogP contribution in [0.5, 0.6) is 11.5 Å². The number of hydrogen-bond acceptors (Lipinski definition) is 4. The molecule has 1 N–H and O–H groups in total. The van der Waals surface area contributed by atoms with Crippen LogP contribution in [0.3, 0.4) is 0 Å². The van der Waals surface area contributed by atoms with Crippen LogP contribution in [-0.4, -0.2) is 50.0 Å². The van der Waals surface area contributed by atoms with E-state index in [-0.39, 0.29) is 5.75 Å². The molecule has 0 bridgehead atoms. The Kier molecular flexibility index (Phi) is 5.55. The Balaban J connectivity index is 2.40. The highest BCUT2D eigenvalue weighted by Gasteiger charge is 2.12. The molecule has 0 unspecified atom stereocenters. The fourth-order valence-electron chi connectivity index (χ4n) is 2.13. The molecule has 0 fully saturated rings. The predicted octanol–water partition coefficient (Wildman–Crippen LogP) is 2.80. The Bertz CT molecular complexity index is 637. The van der Waals surface area contributed by atoms with E-state index in [2.05, 4.69) is 4.90 Å². The first-order chi connectivity index (χ1) is 10.6. The molecule has 0 aliphatic rings. The summed E-state index contributed by atoms with van der Waals surface area (Å²) >= 11 is 0. The second-order valence-corrected chi connectivity index (χ2v) is 5.28. The Hall–Kier alpha value is -2.33. The van der Waals surface area contributed by atoms with Crippen LogP contribution in [-0.2, 0) is 0 Å². The first kappa shape index (κ1) is 16.0. The molecule has 0 aliphatic carbocycles. The monoisotopic (exact) mass is 298 g/mol. The number of benzene rings is 2. The van der Waals surface area contributed by atoms with Crippen molar-refractivity contribution in [3.8, 4) is 11.5 Å². The zero-order chi connectivity index (χ0) is 15.9. The van der Waals surface area contributed by atoms with E-state index in [1.54, 1.807) is 13.2 Å². The smallest absolute Gasteiger partial charge is 0.128 e. The lowest BCUT2D eigenvalue weighted by molar-refractivity contribution is 0.407. The number of nitrogens with zero attached hydrogens (tertiary/aromatic N) is 2. The molecular formula is C18H22N2O2. The van der Waals surface area contributed by atoms with Crippen molar-refractivity contribution >= 4 is 5.71 Å². The second-order valence-electron chi connectivity index (χ2n) is 5.28. The summed E-state index contributed by atoms with van der Waals surface area (Å²) in [6, 6.07) is 15.2. The maximum atomic E-state index is 10.3. The molecule has 0 saturated carbocycles. The van der Waals surface area contributed by atoms with E-state index in [0.29, 0.717) is 17.9 Å². The third-order valence-corrected chi connectivity index (χ3v) is 3.32. The van der Waals surface area contributed by atoms with Gasteiger partial charge in [-0.25, -0.2) is 0 Å². The fraction of sp³-hybridized carbons (Fsp3) is 0.278. The largest absolute Gasteiger partial charge is 0.507 e. The first-order valence-electron chi connectivity index (χ1n) is 7.24. The van der Waals surface area contributed by atoms with Crippen molar-refractivity contribution in [3.63, 3.8) is 0 Å². The predicted molar refractivity (Wildman–Crippen MR) is 90.2 cm³/mol. The van der Waals surface area contributed by atoms with Gasteiger partial charge >= 0.3 is 0 Å². The van der Waals surface area contributed by atoms with Crippen LogP contribution >= 0.6 is 0 Å². The molecular weight excluding hydrogens is 276 g/mol. The highest BCUT2D eigenvalue weighted by Crippen LogP contribution is 2.26. The quantitative estimate of drug-likeness (QED) is 0.834. The maximum Gasteiger partial charge on any atom is 0.128 e. The molecule has 4 nitrogen and oxygen atoms in total. The van der Waals surface area contributed by atoms with E-state index in [9.17, 15) is 5.11 Å². The average Bonchev–Trinajstić information content (AvgIpc) is 2.52. The van der Waals surface area contributed by atoms with Crippen molar-refractivity contribution in [1.29, 1.82) is 0 Å². The van der Waals surface area contributed by atoms with Gasteiger partial charge in [-0.05, 0) is 26.2 Å². The molecule has 116 valence electrons. The number of hydrogen-bond donors (Lipinski definition) is 1. The van der Waals surface area contributed by atoms with Gasteiger partial charge in [0.25, 0.3) is 0 Å². The number of rotatable bonds is 6. The summed E-state index contributed by atoms with van der Waals surface area (Å²) in [4.78, 5) is 6.78. The minimum atomic E-state index is 0.173. The van der Waals surface area contributed by atoms with Crippen molar-refractivity contribution in [1.82, 2.24) is 4.90 Å². The minimum Gasteiger partial charge on any atom is -0.507 e. The minimum absolute atomic E-state index is 0.173. The number of phenolic OH excluding ortho intramolecular Hbond substituents is 1. The topological polar surface area (TPSA) is 45.1 Å². The number of methoxy groups -OCH3 is 1. The lowest BCUT2D eigenvalue weighted by Crippen LogP contribution is -2.17. The number of ether oxygens (including phenoxy) is 1. The zero-order valence-corrected chi connectivity index (χ0v) is 13.3. The van der Waals surface area contributed by atoms with Crippen molar-refractivity contribution in [2.45, 2.75) is 0 Å². The summed E-state index contributed by atoms with van der Waals surface area (Å²) in [7, 11) is 5.61. The molecule has 2 rings (SSSR count). The van der Waals surface area contributed by atoms with Crippen molar-refractivity contribution < 1.29 is 9.84 Å². The van der Waals surface area contributed by atoms with Crippen LogP contribution in [0.1, 0.15) is 11.1 Å². The molecule has 22 heavy (non-hydrogen) atoms. The van der Waals surface area contributed by atoms with Gasteiger partial charge in [0.1, 0.15) is 11.5 Å². The fourth-order valence-corrected chi connectivity index (χ4v) is 2.13. The summed E-state index contributed by atoms with van der Waals surface area (Å²) in [5, 5.41) is 10.3. The van der Waals surface area contributed by atoms with Crippen molar-refractivity contribution in [2.24, 2.45) is 4.99 Å². The third kappa shape index (κ3) is 4.09. The normalized spacial score (nSPS) is 11.7. The summed E-state index contributed by atoms with van der Waals surface area (Å²) in [5.74, 6) is 0.800. The summed E-state index contributed by atoms with van der Waals surface area (Å²) in [6.45, 7) is 1.52. The van der Waals surface area contributed by atoms with E-state index in [1.165, 1.54) is 0 Å². The van der Waals surface area contributed by atoms with Crippen LogP contribution in [0.15, 0.2) is 53.5 Å². The molecule has 4 heteroatoms. The molecule has 0 spiro atoms. The summed E-state index contributed by atoms with van der Waals surface area (Å²) in [6.07, 6.45) is 0. The Morgan fingerprint density at radius 2 is 1.86 bits per heavy atom. The average molecular weight is 298 g/mol. The second kappa shape index (κ2) is 7.61. The SMILES string of the molecule is COc1ccc(C(=NCCN(C)C)c2ccccc2)c(O)c1. The van der Waals surface area contributed by atoms with Gasteiger partial charge < -0.3 is 14.7 Å². The molecule has 0 aliphatic heterocycles. The van der Waals surface area contributed by atoms with E-state index in [4.69, 9.17) is 9.73 Å². The van der Waals surface area contributed by atoms with E-state index >= 15 is 0 Å². The van der Waals surface area contributed by atoms with Crippen molar-refractivity contribution in [2.75, 3.05) is 34.3 Å². The van der Waals surface area contributed by atoms with Gasteiger partial charge in [-0.1, -0.05) is 30.3 Å². The number of aromatic hydroxyl groups is 1. The molecule has 0 atom stereocenters. The van der Waals surface area contributed by atoms with Gasteiger partial charge in [-0.2, -0.15) is 0 Å². The third-order valence-electron chi connectivity index (χ3n) is 3.32.